The number of hydrogen-bond donors (Lipinski definition) is 2. The maximum absolute atomic E-state index is 14.5. The molecule has 186 valence electrons. The lowest BCUT2D eigenvalue weighted by Crippen LogP contribution is -2.36. The van der Waals surface area contributed by atoms with Crippen LogP contribution in [0.4, 0.5) is 18.7 Å². The number of nitrogens with two attached hydrogens (primary N) is 1. The summed E-state index contributed by atoms with van der Waals surface area (Å²) < 4.78 is 43.8. The number of anilines is 1. The van der Waals surface area contributed by atoms with E-state index in [4.69, 9.17) is 15.2 Å². The number of primary amides is 1. The zero-order valence-corrected chi connectivity index (χ0v) is 19.5. The van der Waals surface area contributed by atoms with Gasteiger partial charge in [-0.05, 0) is 31.4 Å². The molecule has 34 heavy (non-hydrogen) atoms. The van der Waals surface area contributed by atoms with Gasteiger partial charge in [-0.3, -0.25) is 4.79 Å². The highest BCUT2D eigenvalue weighted by atomic mass is 32.1. The smallest absolute Gasteiger partial charge is 0.404 e. The molecule has 1 saturated heterocycles. The largest absolute Gasteiger partial charge is 0.480 e. The van der Waals surface area contributed by atoms with Crippen molar-refractivity contribution in [2.75, 3.05) is 51.0 Å². The molecule has 2 amide bonds. The van der Waals surface area contributed by atoms with Crippen molar-refractivity contribution >= 4 is 28.5 Å². The van der Waals surface area contributed by atoms with Gasteiger partial charge < -0.3 is 30.2 Å². The van der Waals surface area contributed by atoms with E-state index in [0.717, 1.165) is 24.0 Å². The highest BCUT2D eigenvalue weighted by Crippen LogP contribution is 2.36. The number of unbranched alkanes of at least 4 members (excludes halogenated alkanes) is 3. The molecular formula is C22H28F2N4O5S. The summed E-state index contributed by atoms with van der Waals surface area (Å²) in [5, 5.41) is 5.19. The number of halogens is 2. The molecule has 0 atom stereocenters. The van der Waals surface area contributed by atoms with Crippen LogP contribution in [0.2, 0.25) is 0 Å². The van der Waals surface area contributed by atoms with E-state index in [9.17, 15) is 18.4 Å². The Morgan fingerprint density at radius 3 is 2.71 bits per heavy atom. The molecule has 1 aliphatic rings. The zero-order valence-electron chi connectivity index (χ0n) is 18.7. The van der Waals surface area contributed by atoms with Gasteiger partial charge in [-0.25, -0.2) is 14.2 Å². The zero-order chi connectivity index (χ0) is 24.3. The normalized spacial score (nSPS) is 13.5. The number of nitrogens with zero attached hydrogens (tertiary/aromatic N) is 2. The summed E-state index contributed by atoms with van der Waals surface area (Å²) >= 11 is 1.39. The van der Waals surface area contributed by atoms with Gasteiger partial charge >= 0.3 is 6.09 Å². The highest BCUT2D eigenvalue weighted by Gasteiger charge is 2.21. The van der Waals surface area contributed by atoms with E-state index >= 15 is 0 Å². The van der Waals surface area contributed by atoms with Gasteiger partial charge in [0.1, 0.15) is 0 Å². The molecule has 0 unspecified atom stereocenters. The Morgan fingerprint density at radius 1 is 1.18 bits per heavy atom. The number of hydrogen-bond acceptors (Lipinski definition) is 8. The summed E-state index contributed by atoms with van der Waals surface area (Å²) in [6, 6.07) is 2.41. The number of carbonyl (C=O) groups is 2. The van der Waals surface area contributed by atoms with Gasteiger partial charge in [-0.15, -0.1) is 11.3 Å². The Bertz CT molecular complexity index is 969. The number of amides is 2. The fourth-order valence-electron chi connectivity index (χ4n) is 3.33. The highest BCUT2D eigenvalue weighted by molar-refractivity contribution is 7.14. The summed E-state index contributed by atoms with van der Waals surface area (Å²) in [6.45, 7) is 2.84. The van der Waals surface area contributed by atoms with Crippen LogP contribution < -0.4 is 20.7 Å². The Balaban J connectivity index is 1.51. The lowest BCUT2D eigenvalue weighted by Gasteiger charge is -2.26. The van der Waals surface area contributed by atoms with E-state index in [1.165, 1.54) is 17.4 Å². The molecule has 0 saturated carbocycles. The number of rotatable bonds is 12. The van der Waals surface area contributed by atoms with Gasteiger partial charge in [0.25, 0.3) is 5.91 Å². The van der Waals surface area contributed by atoms with Gasteiger partial charge in [0.2, 0.25) is 5.82 Å². The SMILES string of the molecule is NC(=O)OCCCCCCNC(=O)COc1c(-c2csc(N3CCOCC3)n2)ccc(F)c1F. The van der Waals surface area contributed by atoms with Crippen LogP contribution in [0.15, 0.2) is 17.5 Å². The first-order valence-corrected chi connectivity index (χ1v) is 11.9. The van der Waals surface area contributed by atoms with Crippen LogP contribution in [-0.4, -0.2) is 63.0 Å². The quantitative estimate of drug-likeness (QED) is 0.432. The minimum atomic E-state index is -1.16. The van der Waals surface area contributed by atoms with Crippen molar-refractivity contribution in [2.45, 2.75) is 25.7 Å². The van der Waals surface area contributed by atoms with Gasteiger partial charge in [0, 0.05) is 30.6 Å². The number of carbonyl (C=O) groups excluding carboxylic acids is 2. The molecule has 2 heterocycles. The lowest BCUT2D eigenvalue weighted by molar-refractivity contribution is -0.123. The van der Waals surface area contributed by atoms with Crippen LogP contribution in [-0.2, 0) is 14.3 Å². The van der Waals surface area contributed by atoms with E-state index in [1.807, 2.05) is 0 Å². The monoisotopic (exact) mass is 498 g/mol. The van der Waals surface area contributed by atoms with Crippen molar-refractivity contribution in [2.24, 2.45) is 5.73 Å². The van der Waals surface area contributed by atoms with Gasteiger partial charge in [0.05, 0.1) is 25.5 Å². The van der Waals surface area contributed by atoms with E-state index in [1.54, 1.807) is 5.38 Å². The molecule has 1 fully saturated rings. The Kier molecular flexibility index (Phi) is 9.83. The summed E-state index contributed by atoms with van der Waals surface area (Å²) in [4.78, 5) is 29.2. The predicted octanol–water partition coefficient (Wildman–Crippen LogP) is 3.08. The third-order valence-corrected chi connectivity index (χ3v) is 5.99. The standard InChI is InChI=1S/C22H28F2N4O5S/c23-16-6-5-15(17-14-34-22(27-17)28-8-11-31-12-9-28)20(19(16)24)33-13-18(29)26-7-3-1-2-4-10-32-21(25)30/h5-6,14H,1-4,7-13H2,(H2,25,30)(H,26,29). The molecule has 0 bridgehead atoms. The molecule has 1 aliphatic heterocycles. The maximum atomic E-state index is 14.5. The van der Waals surface area contributed by atoms with Crippen molar-refractivity contribution in [1.82, 2.24) is 10.3 Å². The average Bonchev–Trinajstić information content (AvgIpc) is 3.32. The number of aromatic nitrogens is 1. The first-order valence-electron chi connectivity index (χ1n) is 11.0. The van der Waals surface area contributed by atoms with Crippen LogP contribution in [0.25, 0.3) is 11.3 Å². The lowest BCUT2D eigenvalue weighted by atomic mass is 10.1. The molecule has 3 N–H and O–H groups in total. The van der Waals surface area contributed by atoms with Crippen molar-refractivity contribution in [3.63, 3.8) is 0 Å². The Hall–Kier alpha value is -2.99. The molecule has 0 spiro atoms. The van der Waals surface area contributed by atoms with E-state index < -0.39 is 30.2 Å². The van der Waals surface area contributed by atoms with Crippen LogP contribution in [0, 0.1) is 11.6 Å². The molecule has 1 aromatic heterocycles. The van der Waals surface area contributed by atoms with Crippen molar-refractivity contribution in [1.29, 1.82) is 0 Å². The first-order chi connectivity index (χ1) is 16.5. The third-order valence-electron chi connectivity index (χ3n) is 5.08. The summed E-state index contributed by atoms with van der Waals surface area (Å²) in [6.07, 6.45) is 2.24. The molecule has 3 rings (SSSR count). The number of morpholine rings is 1. The molecule has 12 heteroatoms. The third kappa shape index (κ3) is 7.52. The minimum absolute atomic E-state index is 0.268. The first kappa shape index (κ1) is 25.6. The van der Waals surface area contributed by atoms with Gasteiger partial charge in [-0.1, -0.05) is 6.42 Å². The summed E-state index contributed by atoms with van der Waals surface area (Å²) in [5.41, 5.74) is 5.60. The summed E-state index contributed by atoms with van der Waals surface area (Å²) in [7, 11) is 0. The van der Waals surface area contributed by atoms with Crippen LogP contribution >= 0.6 is 11.3 Å². The van der Waals surface area contributed by atoms with Gasteiger partial charge in [-0.2, -0.15) is 4.39 Å². The second-order valence-electron chi connectivity index (χ2n) is 7.57. The second-order valence-corrected chi connectivity index (χ2v) is 8.41. The molecular weight excluding hydrogens is 470 g/mol. The molecule has 0 aliphatic carbocycles. The van der Waals surface area contributed by atoms with Crippen LogP contribution in [0.3, 0.4) is 0 Å². The fraction of sp³-hybridized carbons (Fsp3) is 0.500. The molecule has 2 aromatic rings. The fourth-order valence-corrected chi connectivity index (χ4v) is 4.21. The number of ether oxygens (including phenoxy) is 3. The topological polar surface area (TPSA) is 116 Å². The number of benzene rings is 1. The Labute approximate surface area is 200 Å². The molecule has 1 aromatic carbocycles. The maximum Gasteiger partial charge on any atom is 0.404 e. The van der Waals surface area contributed by atoms with Gasteiger partial charge in [0.15, 0.2) is 23.3 Å². The molecule has 9 nitrogen and oxygen atoms in total. The van der Waals surface area contributed by atoms with Crippen LogP contribution in [0.5, 0.6) is 5.75 Å². The predicted molar refractivity (Wildman–Crippen MR) is 123 cm³/mol. The second kappa shape index (κ2) is 13.0. The van der Waals surface area contributed by atoms with E-state index in [0.29, 0.717) is 51.4 Å². The van der Waals surface area contributed by atoms with Crippen molar-refractivity contribution in [3.8, 4) is 17.0 Å². The van der Waals surface area contributed by atoms with Crippen LogP contribution in [0.1, 0.15) is 25.7 Å². The summed E-state index contributed by atoms with van der Waals surface area (Å²) in [5.74, 6) is -3.02. The molecule has 0 radical (unpaired) electrons. The average molecular weight is 499 g/mol. The minimum Gasteiger partial charge on any atom is -0.480 e. The van der Waals surface area contributed by atoms with Crippen molar-refractivity contribution in [3.05, 3.63) is 29.1 Å². The number of nitrogens with one attached hydrogen (secondary N) is 1. The van der Waals surface area contributed by atoms with Crippen molar-refractivity contribution < 1.29 is 32.6 Å². The van der Waals surface area contributed by atoms with E-state index in [-0.39, 0.29) is 17.9 Å². The van der Waals surface area contributed by atoms with E-state index in [2.05, 4.69) is 19.9 Å². The number of thiazole rings is 1. The Morgan fingerprint density at radius 2 is 1.94 bits per heavy atom.